The van der Waals surface area contributed by atoms with Crippen molar-refractivity contribution in [3.63, 3.8) is 0 Å². The van der Waals surface area contributed by atoms with E-state index in [1.807, 2.05) is 0 Å². The van der Waals surface area contributed by atoms with Crippen LogP contribution in [0.5, 0.6) is 0 Å². The standard InChI is InChI=1S/C6H15N.H4N2/c1-5-7-6(2,3)4;1-2/h7H,5H2,1-4H3;1-2H2. The number of hydrazine groups is 1. The molecule has 0 saturated heterocycles. The van der Waals surface area contributed by atoms with E-state index in [0.29, 0.717) is 5.54 Å². The molecule has 3 nitrogen and oxygen atoms in total. The van der Waals surface area contributed by atoms with Gasteiger partial charge in [-0.25, -0.2) is 0 Å². The summed E-state index contributed by atoms with van der Waals surface area (Å²) in [5, 5.41) is 3.28. The molecule has 0 aromatic rings. The molecule has 0 rings (SSSR count). The highest BCUT2D eigenvalue weighted by atomic mass is 15.0. The third-order valence-electron chi connectivity index (χ3n) is 0.707. The molecule has 0 aliphatic carbocycles. The normalized spacial score (nSPS) is 10.0. The number of hydrogen-bond donors (Lipinski definition) is 3. The van der Waals surface area contributed by atoms with Gasteiger partial charge in [0, 0.05) is 5.54 Å². The van der Waals surface area contributed by atoms with Gasteiger partial charge >= 0.3 is 0 Å². The van der Waals surface area contributed by atoms with Gasteiger partial charge in [-0.1, -0.05) is 6.92 Å². The van der Waals surface area contributed by atoms with E-state index in [1.54, 1.807) is 0 Å². The predicted octanol–water partition coefficient (Wildman–Crippen LogP) is 0.213. The van der Waals surface area contributed by atoms with Gasteiger partial charge in [0.1, 0.15) is 0 Å². The molecule has 0 unspecified atom stereocenters. The number of nitrogens with one attached hydrogen (secondary N) is 1. The average Bonchev–Trinajstić information content (AvgIpc) is 1.69. The molecule has 5 N–H and O–H groups in total. The van der Waals surface area contributed by atoms with Gasteiger partial charge in [-0.15, -0.1) is 0 Å². The molecule has 58 valence electrons. The molecule has 3 heteroatoms. The summed E-state index contributed by atoms with van der Waals surface area (Å²) in [4.78, 5) is 0. The van der Waals surface area contributed by atoms with Crippen LogP contribution in [0.3, 0.4) is 0 Å². The quantitative estimate of drug-likeness (QED) is 0.354. The maximum atomic E-state index is 4.00. The highest BCUT2D eigenvalue weighted by Gasteiger charge is 2.04. The first-order valence-corrected chi connectivity index (χ1v) is 3.14. The van der Waals surface area contributed by atoms with Crippen LogP contribution < -0.4 is 17.0 Å². The van der Waals surface area contributed by atoms with Crippen LogP contribution in [0.15, 0.2) is 0 Å². The molecule has 0 bridgehead atoms. The van der Waals surface area contributed by atoms with Gasteiger partial charge in [-0.05, 0) is 27.3 Å². The molecule has 9 heavy (non-hydrogen) atoms. The Morgan fingerprint density at radius 1 is 1.22 bits per heavy atom. The molecule has 0 saturated carbocycles. The van der Waals surface area contributed by atoms with Crippen molar-refractivity contribution in [3.8, 4) is 0 Å². The second kappa shape index (κ2) is 6.01. The van der Waals surface area contributed by atoms with E-state index in [0.717, 1.165) is 6.54 Å². The Morgan fingerprint density at radius 3 is 1.56 bits per heavy atom. The molecule has 0 heterocycles. The molecule has 0 aliphatic heterocycles. The summed E-state index contributed by atoms with van der Waals surface area (Å²) in [6.45, 7) is 9.66. The van der Waals surface area contributed by atoms with E-state index in [2.05, 4.69) is 44.7 Å². The first kappa shape index (κ1) is 11.6. The zero-order valence-electron chi connectivity index (χ0n) is 6.86. The second-order valence-corrected chi connectivity index (χ2v) is 2.78. The summed E-state index contributed by atoms with van der Waals surface area (Å²) < 4.78 is 0. The molecule has 0 atom stereocenters. The first-order chi connectivity index (χ1) is 4.06. The second-order valence-electron chi connectivity index (χ2n) is 2.78. The minimum Gasteiger partial charge on any atom is -0.312 e. The van der Waals surface area contributed by atoms with Crippen LogP contribution in [0.2, 0.25) is 0 Å². The van der Waals surface area contributed by atoms with Crippen LogP contribution >= 0.6 is 0 Å². The van der Waals surface area contributed by atoms with Crippen LogP contribution in [0.4, 0.5) is 0 Å². The Balaban J connectivity index is 0. The highest BCUT2D eigenvalue weighted by Crippen LogP contribution is 1.95. The van der Waals surface area contributed by atoms with Crippen LogP contribution in [-0.2, 0) is 0 Å². The third-order valence-corrected chi connectivity index (χ3v) is 0.707. The monoisotopic (exact) mass is 133 g/mol. The molecule has 0 aromatic carbocycles. The van der Waals surface area contributed by atoms with Crippen molar-refractivity contribution >= 4 is 0 Å². The van der Waals surface area contributed by atoms with Crippen molar-refractivity contribution in [3.05, 3.63) is 0 Å². The fourth-order valence-corrected chi connectivity index (χ4v) is 0.530. The maximum absolute atomic E-state index is 4.00. The van der Waals surface area contributed by atoms with Crippen molar-refractivity contribution in [1.29, 1.82) is 0 Å². The number of hydrogen-bond acceptors (Lipinski definition) is 3. The summed E-state index contributed by atoms with van der Waals surface area (Å²) in [6, 6.07) is 0. The van der Waals surface area contributed by atoms with Crippen molar-refractivity contribution < 1.29 is 0 Å². The summed E-state index contributed by atoms with van der Waals surface area (Å²) in [5.74, 6) is 8.00. The fourth-order valence-electron chi connectivity index (χ4n) is 0.530. The lowest BCUT2D eigenvalue weighted by Gasteiger charge is -2.18. The number of nitrogens with two attached hydrogens (primary N) is 2. The molecule has 0 fully saturated rings. The molecular formula is C6H19N3. The van der Waals surface area contributed by atoms with Crippen molar-refractivity contribution in [2.75, 3.05) is 6.54 Å². The molecule has 0 amide bonds. The Morgan fingerprint density at radius 2 is 1.56 bits per heavy atom. The smallest absolute Gasteiger partial charge is 0.00963 e. The highest BCUT2D eigenvalue weighted by molar-refractivity contribution is 4.67. The molecule has 0 aliphatic rings. The van der Waals surface area contributed by atoms with Crippen LogP contribution in [0, 0.1) is 0 Å². The fraction of sp³-hybridized carbons (Fsp3) is 1.00. The molecule has 0 radical (unpaired) electrons. The summed E-state index contributed by atoms with van der Waals surface area (Å²) >= 11 is 0. The average molecular weight is 133 g/mol. The van der Waals surface area contributed by atoms with Gasteiger partial charge in [0.25, 0.3) is 0 Å². The van der Waals surface area contributed by atoms with E-state index in [-0.39, 0.29) is 0 Å². The Kier molecular flexibility index (Phi) is 7.77. The Bertz CT molecular complexity index is 46.8. The van der Waals surface area contributed by atoms with Gasteiger partial charge in [0.2, 0.25) is 0 Å². The minimum absolute atomic E-state index is 0.300. The SMILES string of the molecule is CCNC(C)(C)C.NN. The van der Waals surface area contributed by atoms with Gasteiger partial charge in [0.05, 0.1) is 0 Å². The van der Waals surface area contributed by atoms with Crippen LogP contribution in [-0.4, -0.2) is 12.1 Å². The first-order valence-electron chi connectivity index (χ1n) is 3.14. The largest absolute Gasteiger partial charge is 0.312 e. The Hall–Kier alpha value is -0.120. The molecular weight excluding hydrogens is 114 g/mol. The molecule has 0 aromatic heterocycles. The lowest BCUT2D eigenvalue weighted by molar-refractivity contribution is 0.439. The van der Waals surface area contributed by atoms with Gasteiger partial charge < -0.3 is 5.32 Å². The Labute approximate surface area is 57.8 Å². The van der Waals surface area contributed by atoms with Gasteiger partial charge in [0.15, 0.2) is 0 Å². The minimum atomic E-state index is 0.300. The molecule has 0 spiro atoms. The van der Waals surface area contributed by atoms with E-state index < -0.39 is 0 Å². The lowest BCUT2D eigenvalue weighted by Crippen LogP contribution is -2.35. The van der Waals surface area contributed by atoms with Crippen molar-refractivity contribution in [1.82, 2.24) is 5.32 Å². The maximum Gasteiger partial charge on any atom is 0.00963 e. The summed E-state index contributed by atoms with van der Waals surface area (Å²) in [5.41, 5.74) is 0.300. The van der Waals surface area contributed by atoms with Crippen molar-refractivity contribution in [2.45, 2.75) is 33.2 Å². The van der Waals surface area contributed by atoms with E-state index in [9.17, 15) is 0 Å². The topological polar surface area (TPSA) is 64.1 Å². The summed E-state index contributed by atoms with van der Waals surface area (Å²) in [7, 11) is 0. The number of rotatable bonds is 1. The van der Waals surface area contributed by atoms with Gasteiger partial charge in [-0.2, -0.15) is 0 Å². The zero-order valence-corrected chi connectivity index (χ0v) is 6.86. The zero-order chi connectivity index (χ0) is 7.91. The van der Waals surface area contributed by atoms with Gasteiger partial charge in [-0.3, -0.25) is 11.7 Å². The van der Waals surface area contributed by atoms with Crippen molar-refractivity contribution in [2.24, 2.45) is 11.7 Å². The lowest BCUT2D eigenvalue weighted by atomic mass is 10.1. The predicted molar refractivity (Wildman–Crippen MR) is 41.8 cm³/mol. The van der Waals surface area contributed by atoms with E-state index in [4.69, 9.17) is 0 Å². The van der Waals surface area contributed by atoms with E-state index >= 15 is 0 Å². The van der Waals surface area contributed by atoms with Crippen LogP contribution in [0.25, 0.3) is 0 Å². The summed E-state index contributed by atoms with van der Waals surface area (Å²) in [6.07, 6.45) is 0. The van der Waals surface area contributed by atoms with E-state index in [1.165, 1.54) is 0 Å². The van der Waals surface area contributed by atoms with Crippen LogP contribution in [0.1, 0.15) is 27.7 Å². The third kappa shape index (κ3) is 18.1.